The number of hydrogen-bond acceptors (Lipinski definition) is 3. The highest BCUT2D eigenvalue weighted by Crippen LogP contribution is 2.46. The molecule has 1 aliphatic carbocycles. The summed E-state index contributed by atoms with van der Waals surface area (Å²) in [6, 6.07) is 19.7. The highest BCUT2D eigenvalue weighted by atomic mass is 16.5. The summed E-state index contributed by atoms with van der Waals surface area (Å²) >= 11 is 0. The van der Waals surface area contributed by atoms with Gasteiger partial charge in [-0.25, -0.2) is 0 Å². The SMILES string of the molecule is O=CCC1(c2ccccc2)C=C(c2ccccc2)C2=C(O1)C(=O)CCC2. The largest absolute Gasteiger partial charge is 0.474 e. The van der Waals surface area contributed by atoms with Gasteiger partial charge in [0.1, 0.15) is 6.29 Å². The zero-order chi connectivity index (χ0) is 18.0. The summed E-state index contributed by atoms with van der Waals surface area (Å²) in [5.74, 6) is 0.460. The first-order valence-electron chi connectivity index (χ1n) is 8.97. The summed E-state index contributed by atoms with van der Waals surface area (Å²) in [5, 5.41) is 0. The Bertz CT molecular complexity index is 894. The highest BCUT2D eigenvalue weighted by molar-refractivity contribution is 6.00. The molecule has 0 N–H and O–H groups in total. The van der Waals surface area contributed by atoms with E-state index in [-0.39, 0.29) is 12.2 Å². The Morgan fingerprint density at radius 3 is 2.35 bits per heavy atom. The number of benzene rings is 2. The van der Waals surface area contributed by atoms with Gasteiger partial charge >= 0.3 is 0 Å². The van der Waals surface area contributed by atoms with Gasteiger partial charge in [-0.2, -0.15) is 0 Å². The number of aldehydes is 1. The molecule has 0 saturated carbocycles. The zero-order valence-corrected chi connectivity index (χ0v) is 14.5. The van der Waals surface area contributed by atoms with E-state index < -0.39 is 5.60 Å². The fourth-order valence-electron chi connectivity index (χ4n) is 3.81. The summed E-state index contributed by atoms with van der Waals surface area (Å²) in [5.41, 5.74) is 2.95. The normalized spacial score (nSPS) is 22.3. The van der Waals surface area contributed by atoms with Crippen LogP contribution in [0.4, 0.5) is 0 Å². The number of hydrogen-bond donors (Lipinski definition) is 0. The Kier molecular flexibility index (Phi) is 4.29. The molecule has 2 aromatic carbocycles. The molecule has 1 heterocycles. The third-order valence-corrected chi connectivity index (χ3v) is 5.08. The molecular formula is C23H20O3. The van der Waals surface area contributed by atoms with Gasteiger partial charge in [0.25, 0.3) is 0 Å². The van der Waals surface area contributed by atoms with Crippen molar-refractivity contribution < 1.29 is 14.3 Å². The Balaban J connectivity index is 1.94. The average Bonchev–Trinajstić information content (AvgIpc) is 2.70. The number of Topliss-reactive ketones (excluding diaryl/α,β-unsaturated/α-hetero) is 1. The molecule has 0 radical (unpaired) electrons. The van der Waals surface area contributed by atoms with E-state index in [1.54, 1.807) is 0 Å². The van der Waals surface area contributed by atoms with Crippen LogP contribution in [0.2, 0.25) is 0 Å². The maximum Gasteiger partial charge on any atom is 0.197 e. The first-order valence-corrected chi connectivity index (χ1v) is 8.97. The molecule has 2 aliphatic rings. The van der Waals surface area contributed by atoms with Crippen molar-refractivity contribution in [3.8, 4) is 0 Å². The smallest absolute Gasteiger partial charge is 0.197 e. The number of carbonyl (C=O) groups excluding carboxylic acids is 2. The van der Waals surface area contributed by atoms with E-state index in [0.29, 0.717) is 12.2 Å². The lowest BCUT2D eigenvalue weighted by Crippen LogP contribution is -2.34. The van der Waals surface area contributed by atoms with E-state index in [4.69, 9.17) is 4.74 Å². The minimum Gasteiger partial charge on any atom is -0.474 e. The van der Waals surface area contributed by atoms with E-state index in [2.05, 4.69) is 0 Å². The van der Waals surface area contributed by atoms with Crippen molar-refractivity contribution in [3.63, 3.8) is 0 Å². The van der Waals surface area contributed by atoms with Gasteiger partial charge in [0.2, 0.25) is 0 Å². The third-order valence-electron chi connectivity index (χ3n) is 5.08. The predicted molar refractivity (Wildman–Crippen MR) is 100 cm³/mol. The van der Waals surface area contributed by atoms with Gasteiger partial charge in [0.05, 0.1) is 6.42 Å². The van der Waals surface area contributed by atoms with Crippen LogP contribution in [0.15, 0.2) is 78.1 Å². The summed E-state index contributed by atoms with van der Waals surface area (Å²) < 4.78 is 6.29. The van der Waals surface area contributed by atoms with Crippen molar-refractivity contribution in [1.29, 1.82) is 0 Å². The summed E-state index contributed by atoms with van der Waals surface area (Å²) in [7, 11) is 0. The number of ether oxygens (including phenoxy) is 1. The van der Waals surface area contributed by atoms with Gasteiger partial charge in [-0.15, -0.1) is 0 Å². The monoisotopic (exact) mass is 344 g/mol. The van der Waals surface area contributed by atoms with E-state index >= 15 is 0 Å². The number of allylic oxidation sites excluding steroid dienone is 3. The van der Waals surface area contributed by atoms with Crippen molar-refractivity contribution in [2.45, 2.75) is 31.3 Å². The molecule has 0 amide bonds. The second kappa shape index (κ2) is 6.75. The minimum absolute atomic E-state index is 0.0268. The lowest BCUT2D eigenvalue weighted by molar-refractivity contribution is -0.124. The molecule has 3 nitrogen and oxygen atoms in total. The van der Waals surface area contributed by atoms with Crippen LogP contribution >= 0.6 is 0 Å². The van der Waals surface area contributed by atoms with E-state index in [9.17, 15) is 9.59 Å². The van der Waals surface area contributed by atoms with Crippen LogP contribution in [-0.2, 0) is 19.9 Å². The topological polar surface area (TPSA) is 43.4 Å². The second-order valence-electron chi connectivity index (χ2n) is 6.74. The number of carbonyl (C=O) groups is 2. The van der Waals surface area contributed by atoms with Gasteiger partial charge in [0, 0.05) is 12.0 Å². The minimum atomic E-state index is -0.944. The molecule has 3 heteroatoms. The van der Waals surface area contributed by atoms with Crippen LogP contribution in [0.1, 0.15) is 36.8 Å². The van der Waals surface area contributed by atoms with E-state index in [1.165, 1.54) is 0 Å². The Hall–Kier alpha value is -2.94. The molecule has 0 spiro atoms. The molecule has 0 saturated heterocycles. The molecule has 130 valence electrons. The first-order chi connectivity index (χ1) is 12.7. The van der Waals surface area contributed by atoms with Crippen LogP contribution < -0.4 is 0 Å². The van der Waals surface area contributed by atoms with Crippen LogP contribution in [0.5, 0.6) is 0 Å². The summed E-state index contributed by atoms with van der Waals surface area (Å²) in [6.07, 6.45) is 5.20. The molecule has 26 heavy (non-hydrogen) atoms. The molecule has 0 aromatic heterocycles. The van der Waals surface area contributed by atoms with Gasteiger partial charge in [-0.3, -0.25) is 4.79 Å². The molecular weight excluding hydrogens is 324 g/mol. The maximum absolute atomic E-state index is 12.6. The number of rotatable bonds is 4. The Morgan fingerprint density at radius 1 is 0.962 bits per heavy atom. The van der Waals surface area contributed by atoms with Crippen LogP contribution in [0, 0.1) is 0 Å². The Labute approximate surface area is 153 Å². The fraction of sp³-hybridized carbons (Fsp3) is 0.217. The average molecular weight is 344 g/mol. The van der Waals surface area contributed by atoms with Gasteiger partial charge in [0.15, 0.2) is 17.1 Å². The standard InChI is InChI=1S/C23H20O3/c24-15-14-23(18-10-5-2-6-11-18)16-20(17-8-3-1-4-9-17)19-12-7-13-21(25)22(19)26-23/h1-6,8-11,15-16H,7,12-14H2. The van der Waals surface area contributed by atoms with Gasteiger partial charge in [-0.05, 0) is 35.6 Å². The zero-order valence-electron chi connectivity index (χ0n) is 14.5. The maximum atomic E-state index is 12.6. The third kappa shape index (κ3) is 2.80. The molecule has 0 fully saturated rings. The second-order valence-corrected chi connectivity index (χ2v) is 6.74. The highest BCUT2D eigenvalue weighted by Gasteiger charge is 2.41. The molecule has 1 unspecified atom stereocenters. The van der Waals surface area contributed by atoms with Crippen LogP contribution in [0.25, 0.3) is 5.57 Å². The van der Waals surface area contributed by atoms with Crippen molar-refractivity contribution >= 4 is 17.6 Å². The lowest BCUT2D eigenvalue weighted by Gasteiger charge is -2.38. The Morgan fingerprint density at radius 2 is 1.65 bits per heavy atom. The number of ketones is 1. The van der Waals surface area contributed by atoms with Gasteiger partial charge in [-0.1, -0.05) is 60.7 Å². The predicted octanol–water partition coefficient (Wildman–Crippen LogP) is 4.59. The molecule has 2 aromatic rings. The molecule has 1 atom stereocenters. The first kappa shape index (κ1) is 16.5. The lowest BCUT2D eigenvalue weighted by atomic mass is 9.79. The van der Waals surface area contributed by atoms with E-state index in [0.717, 1.165) is 41.4 Å². The van der Waals surface area contributed by atoms with Gasteiger partial charge < -0.3 is 9.53 Å². The van der Waals surface area contributed by atoms with Crippen LogP contribution in [-0.4, -0.2) is 12.1 Å². The van der Waals surface area contributed by atoms with Crippen molar-refractivity contribution in [1.82, 2.24) is 0 Å². The van der Waals surface area contributed by atoms with Crippen molar-refractivity contribution in [3.05, 3.63) is 89.2 Å². The molecule has 4 rings (SSSR count). The van der Waals surface area contributed by atoms with Crippen molar-refractivity contribution in [2.24, 2.45) is 0 Å². The quantitative estimate of drug-likeness (QED) is 0.762. The fourth-order valence-corrected chi connectivity index (χ4v) is 3.81. The molecule has 1 aliphatic heterocycles. The van der Waals surface area contributed by atoms with Crippen molar-refractivity contribution in [2.75, 3.05) is 0 Å². The summed E-state index contributed by atoms with van der Waals surface area (Å²) in [6.45, 7) is 0. The summed E-state index contributed by atoms with van der Waals surface area (Å²) in [4.78, 5) is 24.2. The molecule has 0 bridgehead atoms. The van der Waals surface area contributed by atoms with Crippen LogP contribution in [0.3, 0.4) is 0 Å². The van der Waals surface area contributed by atoms with E-state index in [1.807, 2.05) is 66.7 Å².